The number of ether oxygens (including phenoxy) is 1. The molecule has 2 aliphatic rings. The summed E-state index contributed by atoms with van der Waals surface area (Å²) in [6.45, 7) is 6.37. The molecular weight excluding hydrogens is 356 g/mol. The van der Waals surface area contributed by atoms with E-state index in [-0.39, 0.29) is 0 Å². The van der Waals surface area contributed by atoms with Crippen molar-refractivity contribution >= 4 is 10.9 Å². The molecule has 5 rings (SSSR count). The molecule has 0 saturated carbocycles. The second-order valence-corrected chi connectivity index (χ2v) is 8.94. The fourth-order valence-corrected chi connectivity index (χ4v) is 5.49. The van der Waals surface area contributed by atoms with Gasteiger partial charge >= 0.3 is 0 Å². The molecule has 2 aliphatic heterocycles. The number of aromatic nitrogens is 1. The van der Waals surface area contributed by atoms with Crippen LogP contribution in [0.1, 0.15) is 49.0 Å². The van der Waals surface area contributed by atoms with E-state index in [1.54, 1.807) is 5.56 Å². The molecule has 1 fully saturated rings. The summed E-state index contributed by atoms with van der Waals surface area (Å²) in [5.41, 5.74) is 5.64. The summed E-state index contributed by atoms with van der Waals surface area (Å²) in [6.07, 6.45) is 4.95. The Morgan fingerprint density at radius 3 is 2.79 bits per heavy atom. The highest BCUT2D eigenvalue weighted by Gasteiger charge is 2.38. The summed E-state index contributed by atoms with van der Waals surface area (Å²) < 4.78 is 6.08. The van der Waals surface area contributed by atoms with Crippen LogP contribution in [0.25, 0.3) is 10.9 Å². The Balaban J connectivity index is 1.21. The van der Waals surface area contributed by atoms with E-state index in [4.69, 9.17) is 4.74 Å². The van der Waals surface area contributed by atoms with Crippen molar-refractivity contribution < 1.29 is 4.74 Å². The van der Waals surface area contributed by atoms with E-state index in [1.165, 1.54) is 60.9 Å². The van der Waals surface area contributed by atoms with Gasteiger partial charge in [0.05, 0.1) is 12.6 Å². The van der Waals surface area contributed by atoms with E-state index in [0.717, 1.165) is 19.1 Å². The van der Waals surface area contributed by atoms with Gasteiger partial charge in [-0.05, 0) is 48.3 Å². The third-order valence-electron chi connectivity index (χ3n) is 7.03. The van der Waals surface area contributed by atoms with Gasteiger partial charge in [-0.3, -0.25) is 4.90 Å². The first-order valence-corrected chi connectivity index (χ1v) is 11.3. The van der Waals surface area contributed by atoms with Gasteiger partial charge in [0.15, 0.2) is 0 Å². The van der Waals surface area contributed by atoms with Crippen LogP contribution < -0.4 is 0 Å². The molecule has 0 spiro atoms. The van der Waals surface area contributed by atoms with Gasteiger partial charge < -0.3 is 9.72 Å². The molecular formula is C26H32N2O. The number of fused-ring (bicyclic) bond motifs is 5. The van der Waals surface area contributed by atoms with Crippen LogP contribution in [0.5, 0.6) is 0 Å². The van der Waals surface area contributed by atoms with Gasteiger partial charge in [0, 0.05) is 36.3 Å². The maximum absolute atomic E-state index is 6.08. The molecule has 1 aromatic heterocycles. The minimum atomic E-state index is 0.582. The van der Waals surface area contributed by atoms with Crippen molar-refractivity contribution in [3.05, 3.63) is 71.4 Å². The molecule has 0 bridgehead atoms. The summed E-state index contributed by atoms with van der Waals surface area (Å²) >= 11 is 0. The number of nitrogens with one attached hydrogen (secondary N) is 1. The van der Waals surface area contributed by atoms with Gasteiger partial charge in [-0.15, -0.1) is 0 Å². The highest BCUT2D eigenvalue weighted by atomic mass is 16.5. The lowest BCUT2D eigenvalue weighted by molar-refractivity contribution is 0.0769. The van der Waals surface area contributed by atoms with Crippen LogP contribution in [-0.4, -0.2) is 29.6 Å². The number of hydrogen-bond donors (Lipinski definition) is 1. The minimum absolute atomic E-state index is 0.582. The summed E-state index contributed by atoms with van der Waals surface area (Å²) in [6, 6.07) is 19.9. The summed E-state index contributed by atoms with van der Waals surface area (Å²) in [5, 5.41) is 1.44. The predicted octanol–water partition coefficient (Wildman–Crippen LogP) is 5.72. The molecule has 3 aromatic rings. The zero-order valence-electron chi connectivity index (χ0n) is 17.4. The first-order chi connectivity index (χ1) is 14.3. The number of nitrogens with zero attached hydrogens (tertiary/aromatic N) is 1. The maximum atomic E-state index is 6.08. The molecule has 3 unspecified atom stereocenters. The molecule has 29 heavy (non-hydrogen) atoms. The van der Waals surface area contributed by atoms with Crippen molar-refractivity contribution in [2.45, 2.75) is 45.3 Å². The zero-order valence-corrected chi connectivity index (χ0v) is 17.4. The molecule has 3 atom stereocenters. The summed E-state index contributed by atoms with van der Waals surface area (Å²) in [7, 11) is 0. The molecule has 3 heterocycles. The number of rotatable bonds is 7. The molecule has 2 aromatic carbocycles. The highest BCUT2D eigenvalue weighted by Crippen LogP contribution is 2.43. The summed E-state index contributed by atoms with van der Waals surface area (Å²) in [5.74, 6) is 1.44. The number of benzene rings is 2. The Morgan fingerprint density at radius 2 is 1.93 bits per heavy atom. The first-order valence-electron chi connectivity index (χ1n) is 11.3. The van der Waals surface area contributed by atoms with Crippen LogP contribution in [0.4, 0.5) is 0 Å². The number of hydrogen-bond acceptors (Lipinski definition) is 2. The average Bonchev–Trinajstić information content (AvgIpc) is 3.34. The van der Waals surface area contributed by atoms with Crippen molar-refractivity contribution in [3.8, 4) is 0 Å². The largest absolute Gasteiger partial charge is 0.376 e. The number of para-hydroxylation sites is 1. The third-order valence-corrected chi connectivity index (χ3v) is 7.03. The molecule has 0 radical (unpaired) electrons. The van der Waals surface area contributed by atoms with Crippen molar-refractivity contribution in [1.82, 2.24) is 9.88 Å². The van der Waals surface area contributed by atoms with Crippen LogP contribution in [0.2, 0.25) is 0 Å². The maximum Gasteiger partial charge on any atom is 0.0717 e. The van der Waals surface area contributed by atoms with E-state index in [0.29, 0.717) is 12.0 Å². The van der Waals surface area contributed by atoms with E-state index in [2.05, 4.69) is 71.4 Å². The molecule has 0 aliphatic carbocycles. The quantitative estimate of drug-likeness (QED) is 0.561. The Kier molecular flexibility index (Phi) is 5.43. The van der Waals surface area contributed by atoms with Crippen molar-refractivity contribution in [1.29, 1.82) is 0 Å². The topological polar surface area (TPSA) is 28.3 Å². The van der Waals surface area contributed by atoms with Gasteiger partial charge in [-0.25, -0.2) is 0 Å². The fraction of sp³-hybridized carbons (Fsp3) is 0.462. The minimum Gasteiger partial charge on any atom is -0.376 e. The Labute approximate surface area is 174 Å². The standard InChI is InChI=1S/C26H32N2O/c1-2-19(17-29-18-20-8-4-3-5-9-20)14-21-15-25-26-23(12-13-28(25)16-21)22-10-6-7-11-24(22)27-26/h3-11,19,21,25,27H,2,12-18H2,1H3. The smallest absolute Gasteiger partial charge is 0.0717 e. The molecule has 1 N–H and O–H groups in total. The van der Waals surface area contributed by atoms with Gasteiger partial charge in [0.1, 0.15) is 0 Å². The second kappa shape index (κ2) is 8.33. The Bertz CT molecular complexity index is 948. The summed E-state index contributed by atoms with van der Waals surface area (Å²) in [4.78, 5) is 6.48. The number of H-pyrrole nitrogens is 1. The lowest BCUT2D eigenvalue weighted by Crippen LogP contribution is -2.31. The van der Waals surface area contributed by atoms with E-state index < -0.39 is 0 Å². The monoisotopic (exact) mass is 388 g/mol. The van der Waals surface area contributed by atoms with Crippen LogP contribution in [0.15, 0.2) is 54.6 Å². The molecule has 152 valence electrons. The highest BCUT2D eigenvalue weighted by molar-refractivity contribution is 5.85. The average molecular weight is 389 g/mol. The third kappa shape index (κ3) is 3.86. The number of aromatic amines is 1. The van der Waals surface area contributed by atoms with E-state index >= 15 is 0 Å². The molecule has 3 nitrogen and oxygen atoms in total. The predicted molar refractivity (Wildman–Crippen MR) is 119 cm³/mol. The van der Waals surface area contributed by atoms with Crippen LogP contribution in [0, 0.1) is 11.8 Å². The molecule has 3 heteroatoms. The van der Waals surface area contributed by atoms with Crippen molar-refractivity contribution in [3.63, 3.8) is 0 Å². The van der Waals surface area contributed by atoms with Crippen LogP contribution in [0.3, 0.4) is 0 Å². The Hall–Kier alpha value is -2.10. The fourth-order valence-electron chi connectivity index (χ4n) is 5.49. The lowest BCUT2D eigenvalue weighted by Gasteiger charge is -2.29. The second-order valence-electron chi connectivity index (χ2n) is 8.94. The van der Waals surface area contributed by atoms with E-state index in [1.807, 2.05) is 0 Å². The van der Waals surface area contributed by atoms with Crippen molar-refractivity contribution in [2.24, 2.45) is 11.8 Å². The SMILES string of the molecule is CCC(COCc1ccccc1)CC1CC2c3[nH]c4ccccc4c3CCN2C1. The van der Waals surface area contributed by atoms with Crippen LogP contribution in [-0.2, 0) is 17.8 Å². The van der Waals surface area contributed by atoms with Gasteiger partial charge in [-0.2, -0.15) is 0 Å². The first kappa shape index (κ1) is 18.9. The molecule has 1 saturated heterocycles. The van der Waals surface area contributed by atoms with Gasteiger partial charge in [0.2, 0.25) is 0 Å². The normalized spacial score (nSPS) is 22.5. The van der Waals surface area contributed by atoms with Gasteiger partial charge in [-0.1, -0.05) is 61.9 Å². The van der Waals surface area contributed by atoms with Crippen molar-refractivity contribution in [2.75, 3.05) is 19.7 Å². The molecule has 0 amide bonds. The van der Waals surface area contributed by atoms with Gasteiger partial charge in [0.25, 0.3) is 0 Å². The lowest BCUT2D eigenvalue weighted by atomic mass is 9.90. The van der Waals surface area contributed by atoms with E-state index in [9.17, 15) is 0 Å². The van der Waals surface area contributed by atoms with Crippen LogP contribution >= 0.6 is 0 Å². The Morgan fingerprint density at radius 1 is 1.10 bits per heavy atom. The zero-order chi connectivity index (χ0) is 19.6.